The summed E-state index contributed by atoms with van der Waals surface area (Å²) in [7, 11) is 0. The summed E-state index contributed by atoms with van der Waals surface area (Å²) < 4.78 is 60.2. The van der Waals surface area contributed by atoms with Gasteiger partial charge in [-0.2, -0.15) is 0 Å². The van der Waals surface area contributed by atoms with Crippen molar-refractivity contribution >= 4 is 23.1 Å². The quantitative estimate of drug-likeness (QED) is 0.772. The minimum absolute atomic E-state index is 0.0374. The Balaban J connectivity index is 1.79. The number of imidazole rings is 1. The number of alkyl carbamates (subject to hydrolysis) is 1. The fraction of sp³-hybridized carbons (Fsp3) is 0.529. The van der Waals surface area contributed by atoms with Gasteiger partial charge in [0.1, 0.15) is 11.6 Å². The third kappa shape index (κ3) is 4.25. The van der Waals surface area contributed by atoms with Gasteiger partial charge in [0.25, 0.3) is 5.92 Å². The lowest BCUT2D eigenvalue weighted by Crippen LogP contribution is -2.59. The standard InChI is InChI=1S/C17H20F4N4O2/c1-16(2,3)27-15(26)24-13-8-25(5-4-17(13,20)21)14-22-11-6-9(18)10(19)7-12(11)23-14/h6-7,13H,4-5,8H2,1-3H3,(H,22,23)(H,24,26)/t13-/m1/s1. The van der Waals surface area contributed by atoms with E-state index < -0.39 is 41.7 Å². The first-order chi connectivity index (χ1) is 12.4. The van der Waals surface area contributed by atoms with E-state index >= 15 is 0 Å². The first kappa shape index (κ1) is 19.2. The van der Waals surface area contributed by atoms with Crippen LogP contribution in [-0.4, -0.2) is 46.7 Å². The van der Waals surface area contributed by atoms with Crippen LogP contribution in [0.3, 0.4) is 0 Å². The van der Waals surface area contributed by atoms with Crippen molar-refractivity contribution in [2.24, 2.45) is 0 Å². The van der Waals surface area contributed by atoms with Crippen molar-refractivity contribution in [1.82, 2.24) is 15.3 Å². The van der Waals surface area contributed by atoms with Crippen LogP contribution >= 0.6 is 0 Å². The summed E-state index contributed by atoms with van der Waals surface area (Å²) >= 11 is 0. The van der Waals surface area contributed by atoms with Crippen molar-refractivity contribution in [1.29, 1.82) is 0 Å². The van der Waals surface area contributed by atoms with Crippen LogP contribution in [-0.2, 0) is 4.74 Å². The average molecular weight is 388 g/mol. The van der Waals surface area contributed by atoms with E-state index in [4.69, 9.17) is 4.74 Å². The lowest BCUT2D eigenvalue weighted by molar-refractivity contribution is -0.0537. The number of carbonyl (C=O) groups excluding carboxylic acids is 1. The largest absolute Gasteiger partial charge is 0.444 e. The Bertz CT molecular complexity index is 823. The molecule has 1 fully saturated rings. The molecule has 0 saturated carbocycles. The smallest absolute Gasteiger partial charge is 0.408 e. The number of aromatic nitrogens is 2. The van der Waals surface area contributed by atoms with E-state index in [9.17, 15) is 22.4 Å². The second-order valence-corrected chi connectivity index (χ2v) is 7.50. The van der Waals surface area contributed by atoms with Crippen LogP contribution in [0.1, 0.15) is 27.2 Å². The van der Waals surface area contributed by atoms with Gasteiger partial charge in [0.2, 0.25) is 5.95 Å². The van der Waals surface area contributed by atoms with Crippen molar-refractivity contribution < 1.29 is 27.1 Å². The Morgan fingerprint density at radius 3 is 2.67 bits per heavy atom. The number of amides is 1. The number of rotatable bonds is 2. The SMILES string of the molecule is CC(C)(C)OC(=O)N[C@@H]1CN(c2nc3cc(F)c(F)cc3[nH]2)CCC1(F)F. The number of hydrogen-bond acceptors (Lipinski definition) is 4. The molecule has 1 aromatic heterocycles. The predicted molar refractivity (Wildman–Crippen MR) is 90.9 cm³/mol. The minimum atomic E-state index is -3.13. The number of H-pyrrole nitrogens is 1. The molecule has 0 bridgehead atoms. The van der Waals surface area contributed by atoms with Gasteiger partial charge in [-0.25, -0.2) is 27.3 Å². The summed E-state index contributed by atoms with van der Waals surface area (Å²) in [5, 5.41) is 2.20. The molecule has 10 heteroatoms. The fourth-order valence-corrected chi connectivity index (χ4v) is 2.84. The number of benzene rings is 1. The number of aromatic amines is 1. The van der Waals surface area contributed by atoms with Crippen molar-refractivity contribution in [3.05, 3.63) is 23.8 Å². The zero-order chi connectivity index (χ0) is 20.0. The average Bonchev–Trinajstić information content (AvgIpc) is 2.90. The van der Waals surface area contributed by atoms with Crippen molar-refractivity contribution in [3.8, 4) is 0 Å². The van der Waals surface area contributed by atoms with Gasteiger partial charge < -0.3 is 19.9 Å². The molecule has 0 aliphatic carbocycles. The number of anilines is 1. The highest BCUT2D eigenvalue weighted by Gasteiger charge is 2.46. The molecule has 0 radical (unpaired) electrons. The Morgan fingerprint density at radius 1 is 1.33 bits per heavy atom. The molecule has 1 saturated heterocycles. The summed E-state index contributed by atoms with van der Waals surface area (Å²) in [6, 6.07) is 0.387. The fourth-order valence-electron chi connectivity index (χ4n) is 2.84. The van der Waals surface area contributed by atoms with Gasteiger partial charge in [-0.15, -0.1) is 0 Å². The van der Waals surface area contributed by atoms with E-state index in [1.165, 1.54) is 4.90 Å². The molecule has 6 nitrogen and oxygen atoms in total. The maximum absolute atomic E-state index is 14.2. The monoisotopic (exact) mass is 388 g/mol. The lowest BCUT2D eigenvalue weighted by atomic mass is 10.0. The summed E-state index contributed by atoms with van der Waals surface area (Å²) in [5.74, 6) is -5.01. The summed E-state index contributed by atoms with van der Waals surface area (Å²) in [6.45, 7) is 4.61. The molecule has 0 unspecified atom stereocenters. The van der Waals surface area contributed by atoms with Gasteiger partial charge in [0.05, 0.1) is 11.0 Å². The van der Waals surface area contributed by atoms with Crippen molar-refractivity contribution in [3.63, 3.8) is 0 Å². The Hall–Kier alpha value is -2.52. The Morgan fingerprint density at radius 2 is 2.00 bits per heavy atom. The van der Waals surface area contributed by atoms with Gasteiger partial charge in [-0.05, 0) is 20.8 Å². The highest BCUT2D eigenvalue weighted by Crippen LogP contribution is 2.31. The zero-order valence-corrected chi connectivity index (χ0v) is 15.1. The number of halogens is 4. The highest BCUT2D eigenvalue weighted by molar-refractivity contribution is 5.78. The first-order valence-electron chi connectivity index (χ1n) is 8.42. The number of carbonyl (C=O) groups is 1. The minimum Gasteiger partial charge on any atom is -0.444 e. The number of nitrogens with zero attached hydrogens (tertiary/aromatic N) is 2. The molecule has 3 rings (SSSR count). The second kappa shape index (κ2) is 6.58. The molecule has 148 valence electrons. The molecular formula is C17H20F4N4O2. The molecule has 2 aromatic rings. The second-order valence-electron chi connectivity index (χ2n) is 7.50. The van der Waals surface area contributed by atoms with Crippen LogP contribution in [0, 0.1) is 11.6 Å². The van der Waals surface area contributed by atoms with Crippen molar-refractivity contribution in [2.45, 2.75) is 44.8 Å². The third-order valence-electron chi connectivity index (χ3n) is 4.13. The van der Waals surface area contributed by atoms with Crippen LogP contribution < -0.4 is 10.2 Å². The normalized spacial score (nSPS) is 20.0. The van der Waals surface area contributed by atoms with Crippen LogP contribution in [0.5, 0.6) is 0 Å². The Labute approximate surface area is 152 Å². The topological polar surface area (TPSA) is 70.2 Å². The molecule has 1 aromatic carbocycles. The number of nitrogens with one attached hydrogen (secondary N) is 2. The molecule has 2 heterocycles. The third-order valence-corrected chi connectivity index (χ3v) is 4.13. The number of piperidine rings is 1. The van der Waals surface area contributed by atoms with E-state index in [1.54, 1.807) is 20.8 Å². The molecule has 0 spiro atoms. The van der Waals surface area contributed by atoms with Crippen LogP contribution in [0.15, 0.2) is 12.1 Å². The van der Waals surface area contributed by atoms with E-state index in [-0.39, 0.29) is 30.1 Å². The van der Waals surface area contributed by atoms with Gasteiger partial charge in [-0.3, -0.25) is 0 Å². The number of fused-ring (bicyclic) bond motifs is 1. The summed E-state index contributed by atoms with van der Waals surface area (Å²) in [4.78, 5) is 20.3. The van der Waals surface area contributed by atoms with Gasteiger partial charge >= 0.3 is 6.09 Å². The van der Waals surface area contributed by atoms with Crippen LogP contribution in [0.2, 0.25) is 0 Å². The molecule has 2 N–H and O–H groups in total. The molecule has 27 heavy (non-hydrogen) atoms. The Kier molecular flexibility index (Phi) is 4.69. The molecule has 1 amide bonds. The van der Waals surface area contributed by atoms with E-state index in [0.29, 0.717) is 0 Å². The molecular weight excluding hydrogens is 368 g/mol. The maximum Gasteiger partial charge on any atom is 0.408 e. The summed E-state index contributed by atoms with van der Waals surface area (Å²) in [5.41, 5.74) is -0.392. The van der Waals surface area contributed by atoms with Crippen LogP contribution in [0.4, 0.5) is 28.3 Å². The maximum atomic E-state index is 14.2. The highest BCUT2D eigenvalue weighted by atomic mass is 19.3. The van der Waals surface area contributed by atoms with E-state index in [2.05, 4.69) is 15.3 Å². The van der Waals surface area contributed by atoms with Crippen LogP contribution in [0.25, 0.3) is 11.0 Å². The zero-order valence-electron chi connectivity index (χ0n) is 15.1. The predicted octanol–water partition coefficient (Wildman–Crippen LogP) is 3.58. The molecule has 1 aliphatic heterocycles. The van der Waals surface area contributed by atoms with Crippen molar-refractivity contribution in [2.75, 3.05) is 18.0 Å². The first-order valence-corrected chi connectivity index (χ1v) is 8.42. The van der Waals surface area contributed by atoms with E-state index in [1.807, 2.05) is 0 Å². The molecule has 1 aliphatic rings. The number of alkyl halides is 2. The molecule has 1 atom stereocenters. The number of hydrogen-bond donors (Lipinski definition) is 2. The van der Waals surface area contributed by atoms with Gasteiger partial charge in [0, 0.05) is 31.6 Å². The van der Waals surface area contributed by atoms with Gasteiger partial charge in [0.15, 0.2) is 11.6 Å². The van der Waals surface area contributed by atoms with Gasteiger partial charge in [-0.1, -0.05) is 0 Å². The lowest BCUT2D eigenvalue weighted by Gasteiger charge is -2.38. The summed E-state index contributed by atoms with van der Waals surface area (Å²) in [6.07, 6.45) is -1.46. The van der Waals surface area contributed by atoms with E-state index in [0.717, 1.165) is 12.1 Å². The number of ether oxygens (including phenoxy) is 1.